The molecule has 32 heavy (non-hydrogen) atoms. The number of ether oxygens (including phenoxy) is 1. The molecule has 0 atom stereocenters. The average molecular weight is 442 g/mol. The van der Waals surface area contributed by atoms with Crippen molar-refractivity contribution < 1.29 is 9.53 Å². The minimum Gasteiger partial charge on any atom is -0.463 e. The van der Waals surface area contributed by atoms with E-state index in [9.17, 15) is 4.79 Å². The lowest BCUT2D eigenvalue weighted by Crippen LogP contribution is -2.01. The Kier molecular flexibility index (Phi) is 18.2. The number of rotatable bonds is 20. The Morgan fingerprint density at radius 3 is 1.81 bits per heavy atom. The summed E-state index contributed by atoms with van der Waals surface area (Å²) in [7, 11) is 0. The van der Waals surface area contributed by atoms with E-state index in [4.69, 9.17) is 4.74 Å². The lowest BCUT2D eigenvalue weighted by atomic mass is 10.0. The maximum absolute atomic E-state index is 11.2. The molecule has 3 nitrogen and oxygen atoms in total. The van der Waals surface area contributed by atoms with Crippen LogP contribution in [0.15, 0.2) is 42.5 Å². The molecule has 0 radical (unpaired) electrons. The fourth-order valence-corrected chi connectivity index (χ4v) is 3.76. The molecule has 0 aliphatic rings. The van der Waals surface area contributed by atoms with Crippen molar-refractivity contribution in [2.45, 2.75) is 104 Å². The Morgan fingerprint density at radius 1 is 0.750 bits per heavy atom. The van der Waals surface area contributed by atoms with Crippen LogP contribution in [-0.2, 0) is 9.53 Å². The number of esters is 1. The van der Waals surface area contributed by atoms with Gasteiger partial charge in [0.2, 0.25) is 0 Å². The number of hydrogen-bond donors (Lipinski definition) is 1. The summed E-state index contributed by atoms with van der Waals surface area (Å²) in [6, 6.07) is 8.39. The molecule has 0 saturated heterocycles. The molecule has 0 saturated carbocycles. The molecule has 0 aromatic heterocycles. The monoisotopic (exact) mass is 441 g/mol. The number of anilines is 1. The predicted octanol–water partition coefficient (Wildman–Crippen LogP) is 8.71. The quantitative estimate of drug-likeness (QED) is 0.0951. The third-order valence-corrected chi connectivity index (χ3v) is 5.69. The van der Waals surface area contributed by atoms with Gasteiger partial charge < -0.3 is 10.1 Å². The Balaban J connectivity index is 1.96. The third-order valence-electron chi connectivity index (χ3n) is 5.69. The number of hydrogen-bond acceptors (Lipinski definition) is 3. The van der Waals surface area contributed by atoms with Crippen LogP contribution in [0.5, 0.6) is 0 Å². The lowest BCUT2D eigenvalue weighted by Gasteiger charge is -2.07. The van der Waals surface area contributed by atoms with Crippen LogP contribution in [0.1, 0.15) is 109 Å². The van der Waals surface area contributed by atoms with Gasteiger partial charge >= 0.3 is 5.97 Å². The molecule has 1 N–H and O–H groups in total. The second kappa shape index (κ2) is 20.8. The van der Waals surface area contributed by atoms with Gasteiger partial charge in [0.05, 0.1) is 6.61 Å². The molecule has 0 amide bonds. The second-order valence-electron chi connectivity index (χ2n) is 8.62. The van der Waals surface area contributed by atoms with E-state index in [1.54, 1.807) is 13.0 Å². The average Bonchev–Trinajstić information content (AvgIpc) is 2.80. The van der Waals surface area contributed by atoms with Crippen molar-refractivity contribution in [3.8, 4) is 0 Å². The predicted molar refractivity (Wildman–Crippen MR) is 140 cm³/mol. The summed E-state index contributed by atoms with van der Waals surface area (Å²) in [6.07, 6.45) is 26.5. The molecule has 0 bridgehead atoms. The minimum atomic E-state index is -0.305. The minimum absolute atomic E-state index is 0.305. The number of benzene rings is 1. The van der Waals surface area contributed by atoms with Gasteiger partial charge in [-0.15, -0.1) is 0 Å². The summed E-state index contributed by atoms with van der Waals surface area (Å²) in [4.78, 5) is 11.2. The van der Waals surface area contributed by atoms with Crippen molar-refractivity contribution >= 4 is 17.7 Å². The summed E-state index contributed by atoms with van der Waals surface area (Å²) in [5.41, 5.74) is 2.28. The molecule has 0 heterocycles. The molecular formula is C29H47NO2. The SMILES string of the molecule is CCCCCCCCCCCCCCCCNc1ccc(C=CC=CC(=O)OCC)cc1. The molecule has 180 valence electrons. The summed E-state index contributed by atoms with van der Waals surface area (Å²) < 4.78 is 4.85. The van der Waals surface area contributed by atoms with E-state index >= 15 is 0 Å². The largest absolute Gasteiger partial charge is 0.463 e. The Bertz CT molecular complexity index is 619. The van der Waals surface area contributed by atoms with Crippen molar-refractivity contribution in [2.75, 3.05) is 18.5 Å². The zero-order valence-electron chi connectivity index (χ0n) is 20.7. The molecule has 0 fully saturated rings. The van der Waals surface area contributed by atoms with E-state index in [-0.39, 0.29) is 5.97 Å². The third kappa shape index (κ3) is 16.6. The van der Waals surface area contributed by atoms with Gasteiger partial charge in [0.25, 0.3) is 0 Å². The highest BCUT2D eigenvalue weighted by molar-refractivity contribution is 5.82. The molecule has 1 aromatic rings. The normalized spacial score (nSPS) is 11.4. The van der Waals surface area contributed by atoms with Gasteiger partial charge in [-0.25, -0.2) is 4.79 Å². The van der Waals surface area contributed by atoms with Crippen molar-refractivity contribution in [2.24, 2.45) is 0 Å². The van der Waals surface area contributed by atoms with Crippen molar-refractivity contribution in [3.63, 3.8) is 0 Å². The van der Waals surface area contributed by atoms with Gasteiger partial charge in [0.1, 0.15) is 0 Å². The zero-order chi connectivity index (χ0) is 23.1. The lowest BCUT2D eigenvalue weighted by molar-refractivity contribution is -0.137. The maximum atomic E-state index is 11.2. The standard InChI is InChI=1S/C29H47NO2/c1-3-5-6-7-8-9-10-11-12-13-14-15-16-19-26-30-28-24-22-27(23-25-28)20-17-18-21-29(31)32-4-2/h17-18,20-25,30H,3-16,19,26H2,1-2H3. The number of unbranched alkanes of at least 4 members (excludes halogenated alkanes) is 13. The van der Waals surface area contributed by atoms with E-state index in [0.29, 0.717) is 6.61 Å². The Labute approximate surface area is 197 Å². The van der Waals surface area contributed by atoms with Gasteiger partial charge in [-0.05, 0) is 31.0 Å². The van der Waals surface area contributed by atoms with Crippen LogP contribution in [0, 0.1) is 0 Å². The van der Waals surface area contributed by atoms with Crippen molar-refractivity contribution in [1.82, 2.24) is 0 Å². The van der Waals surface area contributed by atoms with E-state index < -0.39 is 0 Å². The molecule has 1 rings (SSSR count). The van der Waals surface area contributed by atoms with E-state index in [2.05, 4.69) is 36.5 Å². The van der Waals surface area contributed by atoms with Crippen LogP contribution in [-0.4, -0.2) is 19.1 Å². The second-order valence-corrected chi connectivity index (χ2v) is 8.62. The van der Waals surface area contributed by atoms with Gasteiger partial charge in [0, 0.05) is 18.3 Å². The molecular weight excluding hydrogens is 394 g/mol. The number of carbonyl (C=O) groups is 1. The molecule has 1 aromatic carbocycles. The fraction of sp³-hybridized carbons (Fsp3) is 0.621. The Hall–Kier alpha value is -2.03. The highest BCUT2D eigenvalue weighted by atomic mass is 16.5. The molecule has 3 heteroatoms. The summed E-state index contributed by atoms with van der Waals surface area (Å²) in [5.74, 6) is -0.305. The van der Waals surface area contributed by atoms with Crippen LogP contribution >= 0.6 is 0 Å². The molecule has 0 spiro atoms. The van der Waals surface area contributed by atoms with E-state index in [0.717, 1.165) is 12.1 Å². The first kappa shape index (κ1) is 28.0. The van der Waals surface area contributed by atoms with E-state index in [1.807, 2.05) is 12.2 Å². The molecule has 0 unspecified atom stereocenters. The summed E-state index contributed by atoms with van der Waals surface area (Å²) in [6.45, 7) is 5.53. The molecule has 0 aliphatic heterocycles. The van der Waals surface area contributed by atoms with Crippen LogP contribution in [0.3, 0.4) is 0 Å². The van der Waals surface area contributed by atoms with E-state index in [1.165, 1.54) is 102 Å². The summed E-state index contributed by atoms with van der Waals surface area (Å²) in [5, 5.41) is 3.51. The fourth-order valence-electron chi connectivity index (χ4n) is 3.76. The Morgan fingerprint density at radius 2 is 1.28 bits per heavy atom. The van der Waals surface area contributed by atoms with Crippen LogP contribution in [0.2, 0.25) is 0 Å². The summed E-state index contributed by atoms with van der Waals surface area (Å²) >= 11 is 0. The van der Waals surface area contributed by atoms with Gasteiger partial charge in [-0.1, -0.05) is 121 Å². The van der Waals surface area contributed by atoms with Crippen molar-refractivity contribution in [3.05, 3.63) is 48.1 Å². The van der Waals surface area contributed by atoms with Crippen LogP contribution in [0.4, 0.5) is 5.69 Å². The number of allylic oxidation sites excluding steroid dienone is 2. The highest BCUT2D eigenvalue weighted by Gasteiger charge is 1.96. The maximum Gasteiger partial charge on any atom is 0.330 e. The first-order chi connectivity index (χ1) is 15.8. The van der Waals surface area contributed by atoms with Gasteiger partial charge in [0.15, 0.2) is 0 Å². The first-order valence-corrected chi connectivity index (χ1v) is 13.1. The smallest absolute Gasteiger partial charge is 0.330 e. The zero-order valence-corrected chi connectivity index (χ0v) is 20.7. The number of nitrogens with one attached hydrogen (secondary N) is 1. The highest BCUT2D eigenvalue weighted by Crippen LogP contribution is 2.14. The van der Waals surface area contributed by atoms with Crippen LogP contribution in [0.25, 0.3) is 6.08 Å². The van der Waals surface area contributed by atoms with Gasteiger partial charge in [-0.2, -0.15) is 0 Å². The van der Waals surface area contributed by atoms with Crippen molar-refractivity contribution in [1.29, 1.82) is 0 Å². The van der Waals surface area contributed by atoms with Gasteiger partial charge in [-0.3, -0.25) is 0 Å². The first-order valence-electron chi connectivity index (χ1n) is 13.1. The molecule has 0 aliphatic carbocycles. The topological polar surface area (TPSA) is 38.3 Å². The number of carbonyl (C=O) groups excluding carboxylic acids is 1. The van der Waals surface area contributed by atoms with Crippen LogP contribution < -0.4 is 5.32 Å².